The molecular weight excluding hydrogens is 376 g/mol. The van der Waals surface area contributed by atoms with Crippen LogP contribution in [0.3, 0.4) is 0 Å². The number of nitro benzene ring substituents is 1. The average Bonchev–Trinajstić information content (AvgIpc) is 2.92. The van der Waals surface area contributed by atoms with E-state index in [4.69, 9.17) is 9.47 Å². The largest absolute Gasteiger partial charge is 0.463 e. The maximum atomic E-state index is 12.6. The summed E-state index contributed by atoms with van der Waals surface area (Å²) in [5.74, 6) is -1.11. The van der Waals surface area contributed by atoms with Gasteiger partial charge in [-0.25, -0.2) is 9.59 Å². The fourth-order valence-electron chi connectivity index (χ4n) is 3.69. The minimum Gasteiger partial charge on any atom is -0.463 e. The molecule has 0 saturated carbocycles. The van der Waals surface area contributed by atoms with Crippen LogP contribution in [0.15, 0.2) is 53.5 Å². The standard InChI is InChI=1S/C21H22N2O6/c1-5-28-21(25)19-13(3)22(4)18-10-9-14(11-16(18)19)29-20(24)15-7-6-8-17(12(15)2)23(26)27/h6-11,16,18H,5H2,1-4H3. The lowest BCUT2D eigenvalue weighted by atomic mass is 9.90. The number of rotatable bonds is 5. The maximum absolute atomic E-state index is 12.6. The smallest absolute Gasteiger partial charge is 0.344 e. The molecule has 1 aromatic rings. The first-order valence-corrected chi connectivity index (χ1v) is 9.23. The molecule has 0 N–H and O–H groups in total. The Bertz CT molecular complexity index is 975. The second kappa shape index (κ2) is 7.90. The van der Waals surface area contributed by atoms with Crippen LogP contribution in [0.4, 0.5) is 5.69 Å². The van der Waals surface area contributed by atoms with Gasteiger partial charge < -0.3 is 14.4 Å². The molecule has 0 radical (unpaired) electrons. The molecule has 152 valence electrons. The summed E-state index contributed by atoms with van der Waals surface area (Å²) in [6.07, 6.45) is 5.25. The quantitative estimate of drug-likeness (QED) is 0.426. The van der Waals surface area contributed by atoms with Gasteiger partial charge in [-0.05, 0) is 39.0 Å². The van der Waals surface area contributed by atoms with E-state index in [1.54, 1.807) is 19.1 Å². The first-order valence-electron chi connectivity index (χ1n) is 9.23. The van der Waals surface area contributed by atoms with Crippen LogP contribution in [0.25, 0.3) is 0 Å². The van der Waals surface area contributed by atoms with Crippen LogP contribution in [-0.2, 0) is 14.3 Å². The Labute approximate surface area is 168 Å². The number of benzene rings is 1. The maximum Gasteiger partial charge on any atom is 0.344 e. The Balaban J connectivity index is 1.87. The SMILES string of the molecule is CCOC(=O)C1=C(C)N(C)C2C=CC(OC(=O)c3cccc([N+](=O)[O-])c3C)=CC12. The van der Waals surface area contributed by atoms with E-state index in [0.29, 0.717) is 5.57 Å². The van der Waals surface area contributed by atoms with Crippen molar-refractivity contribution in [1.29, 1.82) is 0 Å². The van der Waals surface area contributed by atoms with Gasteiger partial charge in [-0.1, -0.05) is 12.1 Å². The highest BCUT2D eigenvalue weighted by Gasteiger charge is 2.40. The molecule has 2 aliphatic rings. The number of allylic oxidation sites excluding steroid dienone is 2. The van der Waals surface area contributed by atoms with Gasteiger partial charge in [0.15, 0.2) is 0 Å². The van der Waals surface area contributed by atoms with E-state index in [2.05, 4.69) is 0 Å². The van der Waals surface area contributed by atoms with Gasteiger partial charge in [-0.15, -0.1) is 0 Å². The highest BCUT2D eigenvalue weighted by molar-refractivity contribution is 5.93. The number of esters is 2. The van der Waals surface area contributed by atoms with E-state index in [1.807, 2.05) is 24.9 Å². The molecule has 3 rings (SSSR count). The minimum absolute atomic E-state index is 0.0728. The summed E-state index contributed by atoms with van der Waals surface area (Å²) < 4.78 is 10.7. The number of carbonyl (C=O) groups is 2. The number of nitrogens with zero attached hydrogens (tertiary/aromatic N) is 2. The molecule has 0 aromatic heterocycles. The van der Waals surface area contributed by atoms with Gasteiger partial charge in [-0.2, -0.15) is 0 Å². The second-order valence-electron chi connectivity index (χ2n) is 6.87. The predicted molar refractivity (Wildman–Crippen MR) is 105 cm³/mol. The van der Waals surface area contributed by atoms with Gasteiger partial charge in [0, 0.05) is 30.3 Å². The van der Waals surface area contributed by atoms with Crippen molar-refractivity contribution in [3.05, 3.63) is 74.7 Å². The molecule has 2 unspecified atom stereocenters. The molecule has 1 aliphatic heterocycles. The lowest BCUT2D eigenvalue weighted by Gasteiger charge is -2.26. The van der Waals surface area contributed by atoms with Crippen molar-refractivity contribution in [2.75, 3.05) is 13.7 Å². The van der Waals surface area contributed by atoms with Crippen molar-refractivity contribution in [1.82, 2.24) is 4.90 Å². The zero-order chi connectivity index (χ0) is 21.3. The molecule has 8 heteroatoms. The number of nitro groups is 1. The molecular formula is C21H22N2O6. The topological polar surface area (TPSA) is 99.0 Å². The van der Waals surface area contributed by atoms with Gasteiger partial charge >= 0.3 is 11.9 Å². The molecule has 1 aliphatic carbocycles. The van der Waals surface area contributed by atoms with Crippen molar-refractivity contribution in [3.63, 3.8) is 0 Å². The van der Waals surface area contributed by atoms with E-state index in [9.17, 15) is 19.7 Å². The summed E-state index contributed by atoms with van der Waals surface area (Å²) in [6, 6.07) is 4.19. The molecule has 0 amide bonds. The zero-order valence-corrected chi connectivity index (χ0v) is 16.7. The number of ether oxygens (including phenoxy) is 2. The van der Waals surface area contributed by atoms with E-state index < -0.39 is 16.9 Å². The number of likely N-dealkylation sites (N-methyl/N-ethyl adjacent to an activating group) is 1. The summed E-state index contributed by atoms with van der Waals surface area (Å²) in [6.45, 7) is 5.37. The number of carbonyl (C=O) groups excluding carboxylic acids is 2. The van der Waals surface area contributed by atoms with Crippen molar-refractivity contribution in [2.45, 2.75) is 26.8 Å². The number of fused-ring (bicyclic) bond motifs is 1. The predicted octanol–water partition coefficient (Wildman–Crippen LogP) is 3.28. The lowest BCUT2D eigenvalue weighted by molar-refractivity contribution is -0.385. The van der Waals surface area contributed by atoms with Crippen molar-refractivity contribution < 1.29 is 24.0 Å². The fourth-order valence-corrected chi connectivity index (χ4v) is 3.69. The van der Waals surface area contributed by atoms with Gasteiger partial charge in [0.1, 0.15) is 5.76 Å². The molecule has 8 nitrogen and oxygen atoms in total. The molecule has 0 spiro atoms. The van der Waals surface area contributed by atoms with Crippen LogP contribution in [0.1, 0.15) is 29.8 Å². The van der Waals surface area contributed by atoms with Crippen LogP contribution in [0.2, 0.25) is 0 Å². The Morgan fingerprint density at radius 2 is 1.97 bits per heavy atom. The van der Waals surface area contributed by atoms with Crippen LogP contribution < -0.4 is 0 Å². The summed E-state index contributed by atoms with van der Waals surface area (Å²) >= 11 is 0. The van der Waals surface area contributed by atoms with Crippen LogP contribution in [0, 0.1) is 23.0 Å². The van der Waals surface area contributed by atoms with Gasteiger partial charge in [0.05, 0.1) is 28.7 Å². The highest BCUT2D eigenvalue weighted by Crippen LogP contribution is 2.38. The van der Waals surface area contributed by atoms with E-state index in [1.165, 1.54) is 25.1 Å². The Kier molecular flexibility index (Phi) is 5.54. The summed E-state index contributed by atoms with van der Waals surface area (Å²) in [4.78, 5) is 37.6. The van der Waals surface area contributed by atoms with E-state index in [-0.39, 0.29) is 41.1 Å². The van der Waals surface area contributed by atoms with Gasteiger partial charge in [-0.3, -0.25) is 10.1 Å². The molecule has 2 atom stereocenters. The van der Waals surface area contributed by atoms with Crippen LogP contribution in [0.5, 0.6) is 0 Å². The highest BCUT2D eigenvalue weighted by atomic mass is 16.6. The van der Waals surface area contributed by atoms with Crippen molar-refractivity contribution in [2.24, 2.45) is 5.92 Å². The zero-order valence-electron chi connectivity index (χ0n) is 16.7. The van der Waals surface area contributed by atoms with E-state index in [0.717, 1.165) is 5.70 Å². The monoisotopic (exact) mass is 398 g/mol. The fraction of sp³-hybridized carbons (Fsp3) is 0.333. The summed E-state index contributed by atoms with van der Waals surface area (Å²) in [5, 5.41) is 11.1. The Morgan fingerprint density at radius 1 is 1.24 bits per heavy atom. The summed E-state index contributed by atoms with van der Waals surface area (Å²) in [5.41, 5.74) is 1.55. The Hall–Kier alpha value is -3.42. The Morgan fingerprint density at radius 3 is 2.62 bits per heavy atom. The first-order chi connectivity index (χ1) is 13.8. The van der Waals surface area contributed by atoms with E-state index >= 15 is 0 Å². The molecule has 0 saturated heterocycles. The normalized spacial score (nSPS) is 20.3. The van der Waals surface area contributed by atoms with Gasteiger partial charge in [0.2, 0.25) is 0 Å². The van der Waals surface area contributed by atoms with Crippen LogP contribution in [-0.4, -0.2) is 41.5 Å². The molecule has 1 heterocycles. The minimum atomic E-state index is -0.690. The third kappa shape index (κ3) is 3.65. The van der Waals surface area contributed by atoms with Crippen molar-refractivity contribution >= 4 is 17.6 Å². The lowest BCUT2D eigenvalue weighted by Crippen LogP contribution is -2.30. The summed E-state index contributed by atoms with van der Waals surface area (Å²) in [7, 11) is 1.89. The van der Waals surface area contributed by atoms with Crippen molar-refractivity contribution in [3.8, 4) is 0 Å². The third-order valence-electron chi connectivity index (χ3n) is 5.30. The number of hydrogen-bond donors (Lipinski definition) is 0. The molecule has 29 heavy (non-hydrogen) atoms. The molecule has 0 fully saturated rings. The van der Waals surface area contributed by atoms with Crippen LogP contribution >= 0.6 is 0 Å². The molecule has 0 bridgehead atoms. The average molecular weight is 398 g/mol. The molecule has 1 aromatic carbocycles. The first kappa shape index (κ1) is 20.3. The van der Waals surface area contributed by atoms with Gasteiger partial charge in [0.25, 0.3) is 5.69 Å². The second-order valence-corrected chi connectivity index (χ2v) is 6.87. The third-order valence-corrected chi connectivity index (χ3v) is 5.30. The number of hydrogen-bond acceptors (Lipinski definition) is 7.